The number of aliphatic hydroxyl groups excluding tert-OH is 1. The number of benzene rings is 1. The van der Waals surface area contributed by atoms with Gasteiger partial charge in [0.25, 0.3) is 0 Å². The molecule has 0 fully saturated rings. The summed E-state index contributed by atoms with van der Waals surface area (Å²) in [6, 6.07) is 6.83. The first kappa shape index (κ1) is 12.9. The fraction of sp³-hybridized carbons (Fsp3) is 0.333. The van der Waals surface area contributed by atoms with Crippen LogP contribution in [0.25, 0.3) is 11.0 Å². The molecule has 0 aliphatic carbocycles. The molecule has 0 saturated heterocycles. The van der Waals surface area contributed by atoms with E-state index in [1.807, 2.05) is 0 Å². The molecule has 0 bridgehead atoms. The van der Waals surface area contributed by atoms with Gasteiger partial charge in [0.2, 0.25) is 0 Å². The van der Waals surface area contributed by atoms with Crippen molar-refractivity contribution in [3.8, 4) is 5.75 Å². The Morgan fingerprint density at radius 2 is 2.11 bits per heavy atom. The zero-order chi connectivity index (χ0) is 13.3. The third-order valence-electron chi connectivity index (χ3n) is 2.53. The number of hydrogen-bond acceptors (Lipinski definition) is 5. The van der Waals surface area contributed by atoms with Gasteiger partial charge < -0.3 is 14.3 Å². The molecule has 1 heterocycles. The van der Waals surface area contributed by atoms with Gasteiger partial charge in [-0.2, -0.15) is 0 Å². The van der Waals surface area contributed by atoms with Crippen molar-refractivity contribution < 1.29 is 22.7 Å². The van der Waals surface area contributed by atoms with Crippen LogP contribution in [0, 0.1) is 0 Å². The van der Waals surface area contributed by atoms with Crippen LogP contribution in [0.3, 0.4) is 0 Å². The number of hydrogen-bond donors (Lipinski definition) is 1. The predicted molar refractivity (Wildman–Crippen MR) is 67.4 cm³/mol. The largest absolute Gasteiger partial charge is 0.497 e. The second kappa shape index (κ2) is 4.62. The molecule has 1 aromatic carbocycles. The Labute approximate surface area is 105 Å². The first-order valence-electron chi connectivity index (χ1n) is 5.32. The molecule has 0 aliphatic heterocycles. The summed E-state index contributed by atoms with van der Waals surface area (Å²) in [7, 11) is -1.70. The monoisotopic (exact) mass is 270 g/mol. The van der Waals surface area contributed by atoms with E-state index in [1.165, 1.54) is 0 Å². The number of ether oxygens (including phenoxy) is 1. The maximum absolute atomic E-state index is 11.1. The third-order valence-corrected chi connectivity index (χ3v) is 3.45. The standard InChI is InChI=1S/C12H14O5S/c1-16-9-3-4-11-8(5-9)6-12(17-11)10(13)7-18(2,14)15/h3-6,10,13H,7H2,1-2H3. The van der Waals surface area contributed by atoms with E-state index in [1.54, 1.807) is 31.4 Å². The van der Waals surface area contributed by atoms with Gasteiger partial charge in [0.1, 0.15) is 33.0 Å². The molecule has 18 heavy (non-hydrogen) atoms. The second-order valence-corrected chi connectivity index (χ2v) is 6.35. The Morgan fingerprint density at radius 3 is 2.72 bits per heavy atom. The van der Waals surface area contributed by atoms with Crippen LogP contribution in [0.5, 0.6) is 5.75 Å². The summed E-state index contributed by atoms with van der Waals surface area (Å²) in [5.74, 6) is 0.556. The Morgan fingerprint density at radius 1 is 1.39 bits per heavy atom. The normalized spacial score (nSPS) is 13.7. The molecular weight excluding hydrogens is 256 g/mol. The first-order chi connectivity index (χ1) is 8.39. The van der Waals surface area contributed by atoms with Crippen LogP contribution >= 0.6 is 0 Å². The minimum Gasteiger partial charge on any atom is -0.497 e. The van der Waals surface area contributed by atoms with Gasteiger partial charge in [-0.05, 0) is 24.3 Å². The van der Waals surface area contributed by atoms with Crippen molar-refractivity contribution in [2.45, 2.75) is 6.10 Å². The van der Waals surface area contributed by atoms with Gasteiger partial charge in [-0.15, -0.1) is 0 Å². The van der Waals surface area contributed by atoms with Crippen molar-refractivity contribution in [1.29, 1.82) is 0 Å². The number of sulfone groups is 1. The van der Waals surface area contributed by atoms with Gasteiger partial charge in [-0.25, -0.2) is 8.42 Å². The van der Waals surface area contributed by atoms with Gasteiger partial charge in [0.15, 0.2) is 0 Å². The lowest BCUT2D eigenvalue weighted by atomic mass is 10.2. The Bertz CT molecular complexity index is 656. The maximum atomic E-state index is 11.1. The summed E-state index contributed by atoms with van der Waals surface area (Å²) >= 11 is 0. The van der Waals surface area contributed by atoms with Crippen LogP contribution in [0.1, 0.15) is 11.9 Å². The topological polar surface area (TPSA) is 76.7 Å². The van der Waals surface area contributed by atoms with Crippen molar-refractivity contribution in [2.24, 2.45) is 0 Å². The fourth-order valence-electron chi connectivity index (χ4n) is 1.70. The van der Waals surface area contributed by atoms with Crippen LogP contribution in [-0.2, 0) is 9.84 Å². The van der Waals surface area contributed by atoms with E-state index < -0.39 is 15.9 Å². The van der Waals surface area contributed by atoms with Gasteiger partial charge in [-0.1, -0.05) is 0 Å². The summed E-state index contributed by atoms with van der Waals surface area (Å²) in [4.78, 5) is 0. The van der Waals surface area contributed by atoms with E-state index in [0.717, 1.165) is 11.6 Å². The van der Waals surface area contributed by atoms with E-state index in [0.29, 0.717) is 11.3 Å². The average molecular weight is 270 g/mol. The van der Waals surface area contributed by atoms with Gasteiger partial charge in [0, 0.05) is 11.6 Å². The van der Waals surface area contributed by atoms with Crippen molar-refractivity contribution in [2.75, 3.05) is 19.1 Å². The molecule has 2 rings (SSSR count). The molecule has 1 unspecified atom stereocenters. The van der Waals surface area contributed by atoms with Crippen molar-refractivity contribution >= 4 is 20.8 Å². The quantitative estimate of drug-likeness (QED) is 0.911. The van der Waals surface area contributed by atoms with E-state index in [4.69, 9.17) is 9.15 Å². The molecule has 1 N–H and O–H groups in total. The van der Waals surface area contributed by atoms with Crippen molar-refractivity contribution in [3.05, 3.63) is 30.0 Å². The van der Waals surface area contributed by atoms with Crippen LogP contribution in [-0.4, -0.2) is 32.6 Å². The highest BCUT2D eigenvalue weighted by atomic mass is 32.2. The number of aliphatic hydroxyl groups is 1. The molecule has 0 aliphatic rings. The van der Waals surface area contributed by atoms with Crippen LogP contribution in [0.15, 0.2) is 28.7 Å². The fourth-order valence-corrected chi connectivity index (χ4v) is 2.44. The van der Waals surface area contributed by atoms with Crippen LogP contribution in [0.2, 0.25) is 0 Å². The molecule has 0 radical (unpaired) electrons. The lowest BCUT2D eigenvalue weighted by Gasteiger charge is -2.04. The SMILES string of the molecule is COc1ccc2oc(C(O)CS(C)(=O)=O)cc2c1. The number of methoxy groups -OCH3 is 1. The zero-order valence-electron chi connectivity index (χ0n) is 10.1. The van der Waals surface area contributed by atoms with E-state index >= 15 is 0 Å². The predicted octanol–water partition coefficient (Wildman–Crippen LogP) is 1.52. The Hall–Kier alpha value is -1.53. The van der Waals surface area contributed by atoms with E-state index in [9.17, 15) is 13.5 Å². The summed E-state index contributed by atoms with van der Waals surface area (Å²) in [5, 5.41) is 10.5. The Kier molecular flexibility index (Phi) is 3.32. The summed E-state index contributed by atoms with van der Waals surface area (Å²) < 4.78 is 32.7. The molecule has 98 valence electrons. The van der Waals surface area contributed by atoms with Gasteiger partial charge in [-0.3, -0.25) is 0 Å². The molecule has 0 amide bonds. The highest BCUT2D eigenvalue weighted by Crippen LogP contribution is 2.27. The molecule has 2 aromatic rings. The minimum absolute atomic E-state index is 0.240. The highest BCUT2D eigenvalue weighted by molar-refractivity contribution is 7.90. The second-order valence-electron chi connectivity index (χ2n) is 4.16. The molecule has 0 spiro atoms. The third kappa shape index (κ3) is 2.83. The molecular formula is C12H14O5S. The summed E-state index contributed by atoms with van der Waals surface area (Å²) in [6.07, 6.45) is -0.0829. The number of rotatable bonds is 4. The highest BCUT2D eigenvalue weighted by Gasteiger charge is 2.18. The van der Waals surface area contributed by atoms with Crippen LogP contribution < -0.4 is 4.74 Å². The lowest BCUT2D eigenvalue weighted by molar-refractivity contribution is 0.174. The summed E-state index contributed by atoms with van der Waals surface area (Å²) in [6.45, 7) is 0. The van der Waals surface area contributed by atoms with Gasteiger partial charge >= 0.3 is 0 Å². The van der Waals surface area contributed by atoms with E-state index in [-0.39, 0.29) is 11.5 Å². The molecule has 5 nitrogen and oxygen atoms in total. The molecule has 6 heteroatoms. The first-order valence-corrected chi connectivity index (χ1v) is 7.38. The average Bonchev–Trinajstić information content (AvgIpc) is 2.69. The number of fused-ring (bicyclic) bond motifs is 1. The van der Waals surface area contributed by atoms with Gasteiger partial charge in [0.05, 0.1) is 12.9 Å². The minimum atomic E-state index is -3.26. The Balaban J connectivity index is 2.35. The lowest BCUT2D eigenvalue weighted by Crippen LogP contribution is -2.11. The zero-order valence-corrected chi connectivity index (χ0v) is 10.9. The smallest absolute Gasteiger partial charge is 0.150 e. The van der Waals surface area contributed by atoms with Crippen LogP contribution in [0.4, 0.5) is 0 Å². The maximum Gasteiger partial charge on any atom is 0.150 e. The molecule has 1 atom stereocenters. The van der Waals surface area contributed by atoms with Crippen molar-refractivity contribution in [3.63, 3.8) is 0 Å². The summed E-state index contributed by atoms with van der Waals surface area (Å²) in [5.41, 5.74) is 0.582. The van der Waals surface area contributed by atoms with Crippen molar-refractivity contribution in [1.82, 2.24) is 0 Å². The number of furan rings is 1. The molecule has 1 aromatic heterocycles. The van der Waals surface area contributed by atoms with E-state index in [2.05, 4.69) is 0 Å². The molecule has 0 saturated carbocycles.